The highest BCUT2D eigenvalue weighted by Crippen LogP contribution is 2.21. The van der Waals surface area contributed by atoms with Gasteiger partial charge in [0, 0.05) is 6.42 Å². The van der Waals surface area contributed by atoms with Crippen LogP contribution in [0.4, 0.5) is 0 Å². The van der Waals surface area contributed by atoms with E-state index in [1.807, 2.05) is 24.3 Å². The van der Waals surface area contributed by atoms with Crippen molar-refractivity contribution in [3.8, 4) is 11.4 Å². The molecular formula is C11H15N5O. The van der Waals surface area contributed by atoms with E-state index < -0.39 is 0 Å². The van der Waals surface area contributed by atoms with Crippen LogP contribution < -0.4 is 10.5 Å². The maximum atomic E-state index is 5.49. The number of ether oxygens (including phenoxy) is 1. The van der Waals surface area contributed by atoms with E-state index in [1.54, 1.807) is 11.8 Å². The minimum absolute atomic E-state index is 0.624. The van der Waals surface area contributed by atoms with E-state index in [0.717, 1.165) is 30.1 Å². The van der Waals surface area contributed by atoms with Crippen LogP contribution in [0.15, 0.2) is 24.3 Å². The number of para-hydroxylation sites is 2. The molecule has 0 aliphatic heterocycles. The molecule has 1 aromatic carbocycles. The lowest BCUT2D eigenvalue weighted by molar-refractivity contribution is 0.411. The molecule has 6 heteroatoms. The van der Waals surface area contributed by atoms with Gasteiger partial charge >= 0.3 is 0 Å². The summed E-state index contributed by atoms with van der Waals surface area (Å²) in [6.07, 6.45) is 1.61. The van der Waals surface area contributed by atoms with E-state index in [-0.39, 0.29) is 0 Å². The van der Waals surface area contributed by atoms with Gasteiger partial charge in [-0.2, -0.15) is 4.68 Å². The molecule has 1 aromatic heterocycles. The van der Waals surface area contributed by atoms with Gasteiger partial charge in [0.15, 0.2) is 5.82 Å². The Morgan fingerprint density at radius 1 is 1.35 bits per heavy atom. The van der Waals surface area contributed by atoms with Crippen LogP contribution in [0, 0.1) is 0 Å². The van der Waals surface area contributed by atoms with Gasteiger partial charge in [-0.1, -0.05) is 12.1 Å². The minimum Gasteiger partial charge on any atom is -0.494 e. The lowest BCUT2D eigenvalue weighted by atomic mass is 10.2. The topological polar surface area (TPSA) is 78.8 Å². The van der Waals surface area contributed by atoms with Gasteiger partial charge in [-0.25, -0.2) is 0 Å². The van der Waals surface area contributed by atoms with Crippen molar-refractivity contribution in [2.24, 2.45) is 5.73 Å². The van der Waals surface area contributed by atoms with Crippen molar-refractivity contribution in [1.29, 1.82) is 0 Å². The number of methoxy groups -OCH3 is 1. The highest BCUT2D eigenvalue weighted by molar-refractivity contribution is 5.46. The van der Waals surface area contributed by atoms with Crippen LogP contribution in [0.5, 0.6) is 5.75 Å². The van der Waals surface area contributed by atoms with Crippen LogP contribution in [0.3, 0.4) is 0 Å². The van der Waals surface area contributed by atoms with Gasteiger partial charge in [-0.05, 0) is 35.5 Å². The Bertz CT molecular complexity index is 482. The van der Waals surface area contributed by atoms with Gasteiger partial charge in [0.2, 0.25) is 0 Å². The Hall–Kier alpha value is -1.95. The van der Waals surface area contributed by atoms with Gasteiger partial charge < -0.3 is 10.5 Å². The van der Waals surface area contributed by atoms with Gasteiger partial charge in [0.1, 0.15) is 11.4 Å². The molecule has 17 heavy (non-hydrogen) atoms. The SMILES string of the molecule is COc1ccccc1-n1nnnc1CCCN. The number of tetrazole rings is 1. The van der Waals surface area contributed by atoms with Gasteiger partial charge in [0.05, 0.1) is 7.11 Å². The molecular weight excluding hydrogens is 218 g/mol. The van der Waals surface area contributed by atoms with Crippen molar-refractivity contribution >= 4 is 0 Å². The molecule has 2 N–H and O–H groups in total. The molecule has 6 nitrogen and oxygen atoms in total. The number of hydrogen-bond donors (Lipinski definition) is 1. The molecule has 0 aliphatic carbocycles. The zero-order valence-corrected chi connectivity index (χ0v) is 9.71. The predicted molar refractivity (Wildman–Crippen MR) is 63.1 cm³/mol. The van der Waals surface area contributed by atoms with E-state index in [9.17, 15) is 0 Å². The third-order valence-corrected chi connectivity index (χ3v) is 2.45. The van der Waals surface area contributed by atoms with Crippen LogP contribution in [-0.2, 0) is 6.42 Å². The third-order valence-electron chi connectivity index (χ3n) is 2.45. The monoisotopic (exact) mass is 233 g/mol. The van der Waals surface area contributed by atoms with Crippen molar-refractivity contribution in [3.05, 3.63) is 30.1 Å². The van der Waals surface area contributed by atoms with Crippen LogP contribution in [0.1, 0.15) is 12.2 Å². The summed E-state index contributed by atoms with van der Waals surface area (Å²) < 4.78 is 6.98. The normalized spacial score (nSPS) is 10.5. The van der Waals surface area contributed by atoms with Gasteiger partial charge in [0.25, 0.3) is 0 Å². The fraction of sp³-hybridized carbons (Fsp3) is 0.364. The molecule has 0 saturated heterocycles. The number of aromatic nitrogens is 4. The van der Waals surface area contributed by atoms with E-state index in [4.69, 9.17) is 10.5 Å². The molecule has 0 fully saturated rings. The molecule has 2 aromatic rings. The van der Waals surface area contributed by atoms with Crippen molar-refractivity contribution < 1.29 is 4.74 Å². The summed E-state index contributed by atoms with van der Waals surface area (Å²) in [4.78, 5) is 0. The first-order chi connectivity index (χ1) is 8.36. The predicted octanol–water partition coefficient (Wildman–Crippen LogP) is 0.562. The van der Waals surface area contributed by atoms with Gasteiger partial charge in [-0.15, -0.1) is 5.10 Å². The zero-order valence-electron chi connectivity index (χ0n) is 9.71. The Balaban J connectivity index is 2.35. The molecule has 0 saturated carbocycles. The third kappa shape index (κ3) is 2.42. The minimum atomic E-state index is 0.624. The highest BCUT2D eigenvalue weighted by Gasteiger charge is 2.11. The molecule has 90 valence electrons. The summed E-state index contributed by atoms with van der Waals surface area (Å²) in [5.41, 5.74) is 6.33. The second-order valence-corrected chi connectivity index (χ2v) is 3.57. The summed E-state index contributed by atoms with van der Waals surface area (Å²) in [6, 6.07) is 7.63. The quantitative estimate of drug-likeness (QED) is 0.816. The first-order valence-corrected chi connectivity index (χ1v) is 5.47. The smallest absolute Gasteiger partial charge is 0.156 e. The summed E-state index contributed by atoms with van der Waals surface area (Å²) in [6.45, 7) is 0.624. The zero-order chi connectivity index (χ0) is 12.1. The second-order valence-electron chi connectivity index (χ2n) is 3.57. The molecule has 0 aliphatic rings. The number of hydrogen-bond acceptors (Lipinski definition) is 5. The van der Waals surface area contributed by atoms with E-state index in [2.05, 4.69) is 15.5 Å². The van der Waals surface area contributed by atoms with Crippen molar-refractivity contribution in [3.63, 3.8) is 0 Å². The molecule has 0 radical (unpaired) electrons. The summed E-state index contributed by atoms with van der Waals surface area (Å²) in [5.74, 6) is 1.54. The molecule has 0 bridgehead atoms. The van der Waals surface area contributed by atoms with Crippen molar-refractivity contribution in [2.45, 2.75) is 12.8 Å². The van der Waals surface area contributed by atoms with Crippen molar-refractivity contribution in [1.82, 2.24) is 20.2 Å². The fourth-order valence-electron chi connectivity index (χ4n) is 1.61. The molecule has 0 spiro atoms. The lowest BCUT2D eigenvalue weighted by Gasteiger charge is -2.08. The standard InChI is InChI=1S/C11H15N5O/c1-17-10-6-3-2-5-9(10)16-11(7-4-8-12)13-14-15-16/h2-3,5-6H,4,7-8,12H2,1H3. The Morgan fingerprint density at radius 2 is 2.18 bits per heavy atom. The van der Waals surface area contributed by atoms with Crippen LogP contribution in [-0.4, -0.2) is 33.9 Å². The average Bonchev–Trinajstić information content (AvgIpc) is 2.84. The maximum Gasteiger partial charge on any atom is 0.156 e. The molecule has 2 rings (SSSR count). The highest BCUT2D eigenvalue weighted by atomic mass is 16.5. The van der Waals surface area contributed by atoms with E-state index in [0.29, 0.717) is 6.54 Å². The summed E-state index contributed by atoms with van der Waals surface area (Å²) in [5, 5.41) is 11.7. The van der Waals surface area contributed by atoms with Crippen LogP contribution in [0.2, 0.25) is 0 Å². The number of rotatable bonds is 5. The Labute approximate surface area is 99.4 Å². The van der Waals surface area contributed by atoms with Crippen molar-refractivity contribution in [2.75, 3.05) is 13.7 Å². The number of nitrogens with zero attached hydrogens (tertiary/aromatic N) is 4. The molecule has 1 heterocycles. The second kappa shape index (κ2) is 5.40. The first-order valence-electron chi connectivity index (χ1n) is 5.47. The van der Waals surface area contributed by atoms with E-state index in [1.165, 1.54) is 0 Å². The fourth-order valence-corrected chi connectivity index (χ4v) is 1.61. The Kier molecular flexibility index (Phi) is 3.66. The maximum absolute atomic E-state index is 5.49. The number of nitrogens with two attached hydrogens (primary N) is 1. The van der Waals surface area contributed by atoms with Gasteiger partial charge in [-0.3, -0.25) is 0 Å². The van der Waals surface area contributed by atoms with Crippen LogP contribution in [0.25, 0.3) is 5.69 Å². The van der Waals surface area contributed by atoms with Crippen LogP contribution >= 0.6 is 0 Å². The largest absolute Gasteiger partial charge is 0.494 e. The molecule has 0 amide bonds. The molecule has 0 atom stereocenters. The first kappa shape index (κ1) is 11.5. The molecule has 0 unspecified atom stereocenters. The average molecular weight is 233 g/mol. The number of aryl methyl sites for hydroxylation is 1. The summed E-state index contributed by atoms with van der Waals surface area (Å²) >= 11 is 0. The van der Waals surface area contributed by atoms with E-state index >= 15 is 0 Å². The Morgan fingerprint density at radius 3 is 2.94 bits per heavy atom. The number of benzene rings is 1. The lowest BCUT2D eigenvalue weighted by Crippen LogP contribution is -2.08. The summed E-state index contributed by atoms with van der Waals surface area (Å²) in [7, 11) is 1.63.